The van der Waals surface area contributed by atoms with Crippen molar-refractivity contribution in [2.45, 2.75) is 19.1 Å². The zero-order valence-corrected chi connectivity index (χ0v) is 16.3. The Morgan fingerprint density at radius 2 is 1.97 bits per heavy atom. The number of hydrogen-bond donors (Lipinski definition) is 2. The molecule has 0 aliphatic carbocycles. The molecule has 1 atom stereocenters. The van der Waals surface area contributed by atoms with Crippen LogP contribution in [0, 0.1) is 0 Å². The fourth-order valence-electron chi connectivity index (χ4n) is 3.69. The standard InChI is InChI=1S/C23H25N3O3/c27-20(15-26-12-10-17-5-1-2-6-19(17)14-26)13-25-22(28)16-29-21-9-3-7-18-8-4-11-24-23(18)21/h1-9,11,20,27H,10,12-16H2,(H,25,28). The normalized spacial score (nSPS) is 14.9. The van der Waals surface area contributed by atoms with Crippen molar-refractivity contribution in [3.8, 4) is 5.75 Å². The molecule has 0 saturated heterocycles. The van der Waals surface area contributed by atoms with Gasteiger partial charge in [0.1, 0.15) is 11.3 Å². The summed E-state index contributed by atoms with van der Waals surface area (Å²) in [5.74, 6) is 0.312. The number of rotatable bonds is 7. The monoisotopic (exact) mass is 391 g/mol. The third kappa shape index (κ3) is 4.91. The molecular formula is C23H25N3O3. The van der Waals surface area contributed by atoms with Gasteiger partial charge in [0.15, 0.2) is 6.61 Å². The van der Waals surface area contributed by atoms with Crippen molar-refractivity contribution < 1.29 is 14.6 Å². The number of carbonyl (C=O) groups excluding carboxylic acids is 1. The molecule has 4 rings (SSSR count). The number of nitrogens with one attached hydrogen (secondary N) is 1. The Hall–Kier alpha value is -2.96. The number of para-hydroxylation sites is 1. The van der Waals surface area contributed by atoms with Gasteiger partial charge >= 0.3 is 0 Å². The Labute approximate surface area is 170 Å². The first-order chi connectivity index (χ1) is 14.2. The average Bonchev–Trinajstić information content (AvgIpc) is 2.76. The summed E-state index contributed by atoms with van der Waals surface area (Å²) in [6.45, 7) is 2.37. The zero-order valence-electron chi connectivity index (χ0n) is 16.3. The van der Waals surface area contributed by atoms with Gasteiger partial charge in [-0.15, -0.1) is 0 Å². The number of amides is 1. The van der Waals surface area contributed by atoms with E-state index in [2.05, 4.69) is 33.4 Å². The van der Waals surface area contributed by atoms with Gasteiger partial charge in [0.25, 0.3) is 5.91 Å². The van der Waals surface area contributed by atoms with Crippen LogP contribution < -0.4 is 10.1 Å². The second kappa shape index (κ2) is 9.03. The summed E-state index contributed by atoms with van der Waals surface area (Å²) in [5.41, 5.74) is 3.42. The molecule has 29 heavy (non-hydrogen) atoms. The van der Waals surface area contributed by atoms with Crippen molar-refractivity contribution in [1.29, 1.82) is 0 Å². The summed E-state index contributed by atoms with van der Waals surface area (Å²) in [7, 11) is 0. The lowest BCUT2D eigenvalue weighted by atomic mass is 10.00. The SMILES string of the molecule is O=C(COc1cccc2cccnc12)NCC(O)CN1CCc2ccccc2C1. The van der Waals surface area contributed by atoms with Gasteiger partial charge in [0.05, 0.1) is 6.10 Å². The maximum Gasteiger partial charge on any atom is 0.258 e. The first-order valence-corrected chi connectivity index (χ1v) is 9.89. The minimum Gasteiger partial charge on any atom is -0.481 e. The number of aromatic nitrogens is 1. The number of aliphatic hydroxyl groups is 1. The molecule has 1 amide bonds. The largest absolute Gasteiger partial charge is 0.481 e. The van der Waals surface area contributed by atoms with Crippen molar-refractivity contribution in [3.63, 3.8) is 0 Å². The highest BCUT2D eigenvalue weighted by Crippen LogP contribution is 2.22. The van der Waals surface area contributed by atoms with Gasteiger partial charge in [-0.05, 0) is 29.7 Å². The number of hydrogen-bond acceptors (Lipinski definition) is 5. The lowest BCUT2D eigenvalue weighted by Gasteiger charge is -2.30. The molecule has 0 fully saturated rings. The molecular weight excluding hydrogens is 366 g/mol. The van der Waals surface area contributed by atoms with Crippen molar-refractivity contribution in [1.82, 2.24) is 15.2 Å². The molecule has 6 nitrogen and oxygen atoms in total. The van der Waals surface area contributed by atoms with Crippen LogP contribution >= 0.6 is 0 Å². The van der Waals surface area contributed by atoms with Crippen molar-refractivity contribution in [2.75, 3.05) is 26.2 Å². The van der Waals surface area contributed by atoms with Crippen LogP contribution in [0.3, 0.4) is 0 Å². The Balaban J connectivity index is 1.22. The van der Waals surface area contributed by atoms with Crippen molar-refractivity contribution >= 4 is 16.8 Å². The average molecular weight is 391 g/mol. The summed E-state index contributed by atoms with van der Waals surface area (Å²) < 4.78 is 5.64. The van der Waals surface area contributed by atoms with Gasteiger partial charge in [-0.1, -0.05) is 42.5 Å². The van der Waals surface area contributed by atoms with E-state index in [0.717, 1.165) is 30.4 Å². The smallest absolute Gasteiger partial charge is 0.258 e. The molecule has 2 aromatic carbocycles. The second-order valence-corrected chi connectivity index (χ2v) is 7.33. The topological polar surface area (TPSA) is 74.7 Å². The Morgan fingerprint density at radius 3 is 2.86 bits per heavy atom. The molecule has 2 heterocycles. The van der Waals surface area contributed by atoms with Gasteiger partial charge in [-0.25, -0.2) is 0 Å². The molecule has 150 valence electrons. The highest BCUT2D eigenvalue weighted by atomic mass is 16.5. The van der Waals surface area contributed by atoms with Crippen LogP contribution in [0.2, 0.25) is 0 Å². The van der Waals surface area contributed by atoms with E-state index >= 15 is 0 Å². The van der Waals surface area contributed by atoms with Gasteiger partial charge < -0.3 is 15.2 Å². The zero-order chi connectivity index (χ0) is 20.1. The molecule has 0 bridgehead atoms. The molecule has 0 saturated carbocycles. The predicted octanol–water partition coefficient (Wildman–Crippen LogP) is 2.15. The van der Waals surface area contributed by atoms with Crippen LogP contribution in [0.1, 0.15) is 11.1 Å². The van der Waals surface area contributed by atoms with E-state index in [9.17, 15) is 9.90 Å². The third-order valence-electron chi connectivity index (χ3n) is 5.17. The molecule has 1 unspecified atom stereocenters. The second-order valence-electron chi connectivity index (χ2n) is 7.33. The molecule has 3 aromatic rings. The number of carbonyl (C=O) groups is 1. The number of aliphatic hydroxyl groups excluding tert-OH is 1. The Kier molecular flexibility index (Phi) is 6.03. The predicted molar refractivity (Wildman–Crippen MR) is 112 cm³/mol. The maximum atomic E-state index is 12.1. The molecule has 1 aromatic heterocycles. The van der Waals surface area contributed by atoms with Crippen LogP contribution in [0.4, 0.5) is 0 Å². The molecule has 0 radical (unpaired) electrons. The summed E-state index contributed by atoms with van der Waals surface area (Å²) in [6.07, 6.45) is 2.07. The van der Waals surface area contributed by atoms with E-state index in [4.69, 9.17) is 4.74 Å². The molecule has 0 spiro atoms. The van der Waals surface area contributed by atoms with E-state index < -0.39 is 6.10 Å². The third-order valence-corrected chi connectivity index (χ3v) is 5.17. The molecule has 1 aliphatic heterocycles. The van der Waals surface area contributed by atoms with E-state index in [1.807, 2.05) is 30.3 Å². The van der Waals surface area contributed by atoms with Crippen LogP contribution in [0.15, 0.2) is 60.8 Å². The van der Waals surface area contributed by atoms with Crippen LogP contribution in [-0.4, -0.2) is 53.2 Å². The summed E-state index contributed by atoms with van der Waals surface area (Å²) >= 11 is 0. The number of nitrogens with zero attached hydrogens (tertiary/aromatic N) is 2. The molecule has 6 heteroatoms. The Morgan fingerprint density at radius 1 is 1.14 bits per heavy atom. The van der Waals surface area contributed by atoms with Gasteiger partial charge in [0, 0.05) is 37.8 Å². The van der Waals surface area contributed by atoms with Crippen molar-refractivity contribution in [2.24, 2.45) is 0 Å². The quantitative estimate of drug-likeness (QED) is 0.646. The minimum absolute atomic E-state index is 0.112. The number of fused-ring (bicyclic) bond motifs is 2. The van der Waals surface area contributed by atoms with Gasteiger partial charge in [-0.2, -0.15) is 0 Å². The Bertz CT molecular complexity index is 987. The van der Waals surface area contributed by atoms with E-state index in [1.54, 1.807) is 12.3 Å². The first kappa shape index (κ1) is 19.4. The minimum atomic E-state index is -0.622. The van der Waals surface area contributed by atoms with Gasteiger partial charge in [0.2, 0.25) is 0 Å². The van der Waals surface area contributed by atoms with E-state index in [1.165, 1.54) is 11.1 Å². The van der Waals surface area contributed by atoms with Crippen molar-refractivity contribution in [3.05, 3.63) is 71.9 Å². The summed E-state index contributed by atoms with van der Waals surface area (Å²) in [6, 6.07) is 17.8. The summed E-state index contributed by atoms with van der Waals surface area (Å²) in [4.78, 5) is 18.7. The maximum absolute atomic E-state index is 12.1. The molecule has 1 aliphatic rings. The van der Waals surface area contributed by atoms with Crippen LogP contribution in [-0.2, 0) is 17.8 Å². The molecule has 2 N–H and O–H groups in total. The number of ether oxygens (including phenoxy) is 1. The lowest BCUT2D eigenvalue weighted by Crippen LogP contribution is -2.42. The van der Waals surface area contributed by atoms with E-state index in [-0.39, 0.29) is 19.1 Å². The fraction of sp³-hybridized carbons (Fsp3) is 0.304. The van der Waals surface area contributed by atoms with E-state index in [0.29, 0.717) is 12.3 Å². The lowest BCUT2D eigenvalue weighted by molar-refractivity contribution is -0.123. The number of benzene rings is 2. The number of β-amino-alcohol motifs (C(OH)–C–C–N with tert-alkyl or cyclic N) is 1. The highest BCUT2D eigenvalue weighted by Gasteiger charge is 2.18. The fourth-order valence-corrected chi connectivity index (χ4v) is 3.69. The highest BCUT2D eigenvalue weighted by molar-refractivity contribution is 5.85. The van der Waals surface area contributed by atoms with Crippen LogP contribution in [0.5, 0.6) is 5.75 Å². The number of pyridine rings is 1. The van der Waals surface area contributed by atoms with Gasteiger partial charge in [-0.3, -0.25) is 14.7 Å². The first-order valence-electron chi connectivity index (χ1n) is 9.89. The summed E-state index contributed by atoms with van der Waals surface area (Å²) in [5, 5.41) is 14.0. The van der Waals surface area contributed by atoms with Crippen LogP contribution in [0.25, 0.3) is 10.9 Å².